The number of guanidine groups is 1. The Morgan fingerprint density at radius 2 is 2.18 bits per heavy atom. The maximum Gasteiger partial charge on any atom is 0.258 e. The zero-order valence-corrected chi connectivity index (χ0v) is 16.8. The molecule has 2 aromatic carbocycles. The lowest BCUT2D eigenvalue weighted by molar-refractivity contribution is 0.0975. The average Bonchev–Trinajstić information content (AvgIpc) is 3.22. The second-order valence-corrected chi connectivity index (χ2v) is 7.01. The minimum absolute atomic E-state index is 0.0760. The Hall–Kier alpha value is -2.57. The number of anilines is 1. The van der Waals surface area contributed by atoms with Gasteiger partial charge in [0.1, 0.15) is 5.75 Å². The fraction of sp³-hybridized carbons (Fsp3) is 0.333. The van der Waals surface area contributed by atoms with Gasteiger partial charge in [0.15, 0.2) is 0 Å². The van der Waals surface area contributed by atoms with Crippen LogP contribution in [0.1, 0.15) is 28.8 Å². The van der Waals surface area contributed by atoms with Crippen molar-refractivity contribution in [3.05, 3.63) is 58.6 Å². The summed E-state index contributed by atoms with van der Waals surface area (Å²) in [4.78, 5) is 17.2. The quantitative estimate of drug-likeness (QED) is 0.586. The molecule has 0 saturated carbocycles. The molecule has 6 nitrogen and oxygen atoms in total. The molecule has 0 bridgehead atoms. The number of rotatable bonds is 5. The van der Waals surface area contributed by atoms with Gasteiger partial charge in [0.25, 0.3) is 5.91 Å². The lowest BCUT2D eigenvalue weighted by atomic mass is 10.2. The Balaban J connectivity index is 1.76. The molecule has 1 aliphatic rings. The molecule has 0 aromatic heterocycles. The van der Waals surface area contributed by atoms with Crippen molar-refractivity contribution in [2.24, 2.45) is 4.99 Å². The van der Waals surface area contributed by atoms with Gasteiger partial charge in [-0.1, -0.05) is 23.7 Å². The van der Waals surface area contributed by atoms with Crippen LogP contribution >= 0.6 is 11.6 Å². The first-order valence-corrected chi connectivity index (χ1v) is 9.57. The molecule has 148 valence electrons. The third-order valence-electron chi connectivity index (χ3n) is 4.48. The van der Waals surface area contributed by atoms with Gasteiger partial charge in [-0.15, -0.1) is 0 Å². The first kappa shape index (κ1) is 20.2. The van der Waals surface area contributed by atoms with E-state index in [4.69, 9.17) is 21.1 Å². The van der Waals surface area contributed by atoms with Crippen molar-refractivity contribution >= 4 is 29.2 Å². The lowest BCUT2D eigenvalue weighted by Gasteiger charge is -2.14. The van der Waals surface area contributed by atoms with Gasteiger partial charge in [-0.2, -0.15) is 0 Å². The Kier molecular flexibility index (Phi) is 6.90. The molecule has 0 aliphatic carbocycles. The third-order valence-corrected chi connectivity index (χ3v) is 4.88. The zero-order valence-electron chi connectivity index (χ0n) is 16.0. The second-order valence-electron chi connectivity index (χ2n) is 6.60. The summed E-state index contributed by atoms with van der Waals surface area (Å²) >= 11 is 6.21. The molecule has 3 rings (SSSR count). The van der Waals surface area contributed by atoms with E-state index in [0.29, 0.717) is 28.8 Å². The number of hydrogen-bond donors (Lipinski definition) is 2. The molecule has 1 fully saturated rings. The number of aliphatic imine (C=N–C) groups is 1. The van der Waals surface area contributed by atoms with Gasteiger partial charge < -0.3 is 14.8 Å². The van der Waals surface area contributed by atoms with Crippen LogP contribution in [0.2, 0.25) is 5.02 Å². The first-order chi connectivity index (χ1) is 13.5. The summed E-state index contributed by atoms with van der Waals surface area (Å²) in [5.74, 6) is 0.683. The van der Waals surface area contributed by atoms with Gasteiger partial charge in [0, 0.05) is 22.9 Å². The highest BCUT2D eigenvalue weighted by Gasteiger charge is 2.16. The molecule has 0 spiro atoms. The second kappa shape index (κ2) is 9.57. The van der Waals surface area contributed by atoms with Gasteiger partial charge in [-0.05, 0) is 55.7 Å². The highest BCUT2D eigenvalue weighted by atomic mass is 35.5. The number of carbonyl (C=O) groups is 1. The number of ether oxygens (including phenoxy) is 2. The number of amides is 1. The normalized spacial score (nSPS) is 16.7. The van der Waals surface area contributed by atoms with E-state index in [-0.39, 0.29) is 12.0 Å². The van der Waals surface area contributed by atoms with E-state index in [2.05, 4.69) is 15.6 Å². The molecule has 1 saturated heterocycles. The number of methoxy groups -OCH3 is 1. The van der Waals surface area contributed by atoms with Crippen LogP contribution in [-0.4, -0.2) is 38.2 Å². The van der Waals surface area contributed by atoms with E-state index in [1.165, 1.54) is 0 Å². The van der Waals surface area contributed by atoms with Gasteiger partial charge >= 0.3 is 0 Å². The van der Waals surface area contributed by atoms with E-state index in [1.54, 1.807) is 37.4 Å². The summed E-state index contributed by atoms with van der Waals surface area (Å²) < 4.78 is 10.8. The van der Waals surface area contributed by atoms with E-state index in [0.717, 1.165) is 30.7 Å². The molecule has 0 radical (unpaired) electrons. The minimum Gasteiger partial charge on any atom is -0.497 e. The summed E-state index contributed by atoms with van der Waals surface area (Å²) in [6.45, 7) is 3.16. The van der Waals surface area contributed by atoms with Crippen LogP contribution in [0.15, 0.2) is 47.5 Å². The third kappa shape index (κ3) is 5.47. The van der Waals surface area contributed by atoms with Gasteiger partial charge in [0.2, 0.25) is 5.96 Å². The molecule has 2 aromatic rings. The molecule has 1 heterocycles. The molecule has 28 heavy (non-hydrogen) atoms. The van der Waals surface area contributed by atoms with E-state index < -0.39 is 0 Å². The number of benzene rings is 2. The van der Waals surface area contributed by atoms with Crippen LogP contribution in [0.4, 0.5) is 5.69 Å². The highest BCUT2D eigenvalue weighted by Crippen LogP contribution is 2.20. The van der Waals surface area contributed by atoms with Gasteiger partial charge in [0.05, 0.1) is 19.8 Å². The van der Waals surface area contributed by atoms with Crippen LogP contribution in [0, 0.1) is 6.92 Å². The van der Waals surface area contributed by atoms with Crippen LogP contribution in [0.5, 0.6) is 5.75 Å². The summed E-state index contributed by atoms with van der Waals surface area (Å²) in [5.41, 5.74) is 2.20. The fourth-order valence-corrected chi connectivity index (χ4v) is 3.02. The van der Waals surface area contributed by atoms with Gasteiger partial charge in [-0.3, -0.25) is 10.1 Å². The summed E-state index contributed by atoms with van der Waals surface area (Å²) in [5, 5.41) is 6.63. The summed E-state index contributed by atoms with van der Waals surface area (Å²) in [6.07, 6.45) is 2.08. The summed E-state index contributed by atoms with van der Waals surface area (Å²) in [7, 11) is 1.56. The summed E-state index contributed by atoms with van der Waals surface area (Å²) in [6, 6.07) is 12.6. The SMILES string of the molecule is COc1cccc(C(=O)NC(=NC[C@@H]2CCCO2)Nc2ccc(C)c(Cl)c2)c1. The number of aryl methyl sites for hydroxylation is 1. The molecule has 1 amide bonds. The van der Waals surface area contributed by atoms with Crippen molar-refractivity contribution in [2.45, 2.75) is 25.9 Å². The van der Waals surface area contributed by atoms with Crippen molar-refractivity contribution < 1.29 is 14.3 Å². The predicted molar refractivity (Wildman–Crippen MR) is 112 cm³/mol. The molecule has 7 heteroatoms. The fourth-order valence-electron chi connectivity index (χ4n) is 2.84. The molecule has 1 atom stereocenters. The average molecular weight is 402 g/mol. The minimum atomic E-state index is -0.282. The number of halogens is 1. The topological polar surface area (TPSA) is 72.0 Å². The first-order valence-electron chi connectivity index (χ1n) is 9.20. The molecule has 2 N–H and O–H groups in total. The van der Waals surface area contributed by atoms with Gasteiger partial charge in [-0.25, -0.2) is 4.99 Å². The number of carbonyl (C=O) groups excluding carboxylic acids is 1. The van der Waals surface area contributed by atoms with Crippen LogP contribution in [0.25, 0.3) is 0 Å². The number of nitrogens with one attached hydrogen (secondary N) is 2. The van der Waals surface area contributed by atoms with E-state index in [1.807, 2.05) is 19.1 Å². The Morgan fingerprint density at radius 1 is 1.32 bits per heavy atom. The number of nitrogens with zero attached hydrogens (tertiary/aromatic N) is 1. The largest absolute Gasteiger partial charge is 0.497 e. The Morgan fingerprint density at radius 3 is 2.89 bits per heavy atom. The number of hydrogen-bond acceptors (Lipinski definition) is 4. The van der Waals surface area contributed by atoms with Crippen LogP contribution < -0.4 is 15.4 Å². The molecular formula is C21H24ClN3O3. The standard InChI is InChI=1S/C21H24ClN3O3/c1-14-8-9-16(12-19(14)22)24-21(23-13-18-7-4-10-28-18)25-20(26)15-5-3-6-17(11-15)27-2/h3,5-6,8-9,11-12,18H,4,7,10,13H2,1-2H3,(H2,23,24,25,26)/t18-/m0/s1. The molecule has 0 unspecified atom stereocenters. The maximum atomic E-state index is 12.7. The molecular weight excluding hydrogens is 378 g/mol. The highest BCUT2D eigenvalue weighted by molar-refractivity contribution is 6.31. The Labute approximate surface area is 169 Å². The Bertz CT molecular complexity index is 864. The zero-order chi connectivity index (χ0) is 19.9. The van der Waals surface area contributed by atoms with Crippen LogP contribution in [0.3, 0.4) is 0 Å². The van der Waals surface area contributed by atoms with Crippen LogP contribution in [-0.2, 0) is 4.74 Å². The van der Waals surface area contributed by atoms with Crippen molar-refractivity contribution in [3.8, 4) is 5.75 Å². The van der Waals surface area contributed by atoms with Crippen molar-refractivity contribution in [1.29, 1.82) is 0 Å². The monoisotopic (exact) mass is 401 g/mol. The maximum absolute atomic E-state index is 12.7. The van der Waals surface area contributed by atoms with Crippen molar-refractivity contribution in [3.63, 3.8) is 0 Å². The smallest absolute Gasteiger partial charge is 0.258 e. The lowest BCUT2D eigenvalue weighted by Crippen LogP contribution is -2.36. The van der Waals surface area contributed by atoms with Crippen molar-refractivity contribution in [2.75, 3.05) is 25.6 Å². The predicted octanol–water partition coefficient (Wildman–Crippen LogP) is 4.03. The van der Waals surface area contributed by atoms with E-state index >= 15 is 0 Å². The molecule has 1 aliphatic heterocycles. The van der Waals surface area contributed by atoms with E-state index in [9.17, 15) is 4.79 Å². The van der Waals surface area contributed by atoms with Crippen molar-refractivity contribution in [1.82, 2.24) is 5.32 Å².